The molecule has 3 amide bonds. The summed E-state index contributed by atoms with van der Waals surface area (Å²) in [5.41, 5.74) is -0.0596. The Kier molecular flexibility index (Phi) is 5.82. The van der Waals surface area contributed by atoms with E-state index in [9.17, 15) is 18.4 Å². The van der Waals surface area contributed by atoms with Gasteiger partial charge in [-0.2, -0.15) is 0 Å². The fourth-order valence-corrected chi connectivity index (χ4v) is 3.53. The molecule has 8 heteroatoms. The van der Waals surface area contributed by atoms with Crippen LogP contribution in [0.2, 0.25) is 0 Å². The van der Waals surface area contributed by atoms with E-state index in [-0.39, 0.29) is 24.2 Å². The summed E-state index contributed by atoms with van der Waals surface area (Å²) in [5.74, 6) is -2.32. The zero-order valence-electron chi connectivity index (χ0n) is 14.0. The number of carbonyl (C=O) groups excluding carboxylic acids is 2. The lowest BCUT2D eigenvalue weighted by molar-refractivity contribution is -0.121. The van der Waals surface area contributed by atoms with Gasteiger partial charge in [0, 0.05) is 24.0 Å². The highest BCUT2D eigenvalue weighted by atomic mass is 32.1. The number of thiophene rings is 1. The van der Waals surface area contributed by atoms with Crippen LogP contribution in [0.1, 0.15) is 17.7 Å². The summed E-state index contributed by atoms with van der Waals surface area (Å²) in [7, 11) is 0. The molecule has 2 N–H and O–H groups in total. The second-order valence-corrected chi connectivity index (χ2v) is 7.17. The maximum Gasteiger partial charge on any atom is 0.317 e. The summed E-state index contributed by atoms with van der Waals surface area (Å²) in [6.07, 6.45) is 1.31. The minimum atomic E-state index is -0.820. The van der Waals surface area contributed by atoms with Crippen molar-refractivity contribution >= 4 is 29.0 Å². The number of piperidine rings is 1. The number of nitrogens with one attached hydrogen (secondary N) is 2. The Morgan fingerprint density at radius 3 is 2.85 bits per heavy atom. The number of likely N-dealkylation sites (tertiary alicyclic amines) is 1. The number of hydrogen-bond donors (Lipinski definition) is 2. The number of nitrogens with zero attached hydrogens (tertiary/aromatic N) is 1. The van der Waals surface area contributed by atoms with Crippen LogP contribution in [-0.2, 0) is 11.3 Å². The Balaban J connectivity index is 1.55. The quantitative estimate of drug-likeness (QED) is 0.853. The first kappa shape index (κ1) is 18.3. The molecule has 0 bridgehead atoms. The number of urea groups is 1. The SMILES string of the molecule is O=C(Nc1ccc(F)cc1F)C1CCCN(C(=O)NCc2cccs2)C1. The summed E-state index contributed by atoms with van der Waals surface area (Å²) in [4.78, 5) is 27.3. The van der Waals surface area contributed by atoms with Crippen molar-refractivity contribution in [1.82, 2.24) is 10.2 Å². The Morgan fingerprint density at radius 1 is 1.27 bits per heavy atom. The Labute approximate surface area is 154 Å². The van der Waals surface area contributed by atoms with Crippen molar-refractivity contribution in [2.24, 2.45) is 5.92 Å². The lowest BCUT2D eigenvalue weighted by Gasteiger charge is -2.32. The third-order valence-corrected chi connectivity index (χ3v) is 5.14. The monoisotopic (exact) mass is 379 g/mol. The van der Waals surface area contributed by atoms with E-state index >= 15 is 0 Å². The van der Waals surface area contributed by atoms with Crippen molar-refractivity contribution in [2.45, 2.75) is 19.4 Å². The average molecular weight is 379 g/mol. The van der Waals surface area contributed by atoms with Gasteiger partial charge in [-0.25, -0.2) is 13.6 Å². The maximum absolute atomic E-state index is 13.7. The molecule has 0 aliphatic carbocycles. The van der Waals surface area contributed by atoms with Crippen molar-refractivity contribution < 1.29 is 18.4 Å². The number of halogens is 2. The predicted octanol–water partition coefficient (Wildman–Crippen LogP) is 3.59. The molecule has 1 aliphatic rings. The molecule has 0 spiro atoms. The highest BCUT2D eigenvalue weighted by Crippen LogP contribution is 2.21. The molecule has 2 aromatic rings. The fraction of sp³-hybridized carbons (Fsp3) is 0.333. The fourth-order valence-electron chi connectivity index (χ4n) is 2.89. The molecule has 3 rings (SSSR count). The van der Waals surface area contributed by atoms with E-state index in [0.717, 1.165) is 17.0 Å². The third-order valence-electron chi connectivity index (χ3n) is 4.26. The number of benzene rings is 1. The number of carbonyl (C=O) groups is 2. The average Bonchev–Trinajstić information content (AvgIpc) is 3.15. The molecule has 1 aromatic carbocycles. The van der Waals surface area contributed by atoms with Gasteiger partial charge in [0.15, 0.2) is 0 Å². The molecule has 1 atom stereocenters. The van der Waals surface area contributed by atoms with Crippen molar-refractivity contribution in [2.75, 3.05) is 18.4 Å². The van der Waals surface area contributed by atoms with Gasteiger partial charge in [-0.05, 0) is 36.4 Å². The molecule has 0 saturated carbocycles. The van der Waals surface area contributed by atoms with Gasteiger partial charge in [-0.1, -0.05) is 6.07 Å². The molecule has 1 fully saturated rings. The van der Waals surface area contributed by atoms with Crippen LogP contribution < -0.4 is 10.6 Å². The van der Waals surface area contributed by atoms with Crippen molar-refractivity contribution in [3.05, 3.63) is 52.2 Å². The van der Waals surface area contributed by atoms with Crippen LogP contribution in [0, 0.1) is 17.6 Å². The Morgan fingerprint density at radius 2 is 2.12 bits per heavy atom. The van der Waals surface area contributed by atoms with Crippen molar-refractivity contribution in [1.29, 1.82) is 0 Å². The van der Waals surface area contributed by atoms with Gasteiger partial charge in [0.25, 0.3) is 0 Å². The molecule has 5 nitrogen and oxygen atoms in total. The van der Waals surface area contributed by atoms with Gasteiger partial charge in [0.1, 0.15) is 11.6 Å². The molecular weight excluding hydrogens is 360 g/mol. The van der Waals surface area contributed by atoms with E-state index in [1.165, 1.54) is 6.07 Å². The molecule has 1 unspecified atom stereocenters. The van der Waals surface area contributed by atoms with Crippen molar-refractivity contribution in [3.8, 4) is 0 Å². The maximum atomic E-state index is 13.7. The third kappa shape index (κ3) is 4.57. The second kappa shape index (κ2) is 8.27. The van der Waals surface area contributed by atoms with Crippen LogP contribution in [0.25, 0.3) is 0 Å². The van der Waals surface area contributed by atoms with Gasteiger partial charge >= 0.3 is 6.03 Å². The number of anilines is 1. The topological polar surface area (TPSA) is 61.4 Å². The van der Waals surface area contributed by atoms with Gasteiger partial charge in [-0.15, -0.1) is 11.3 Å². The first-order chi connectivity index (χ1) is 12.5. The normalized spacial score (nSPS) is 17.0. The summed E-state index contributed by atoms with van der Waals surface area (Å²) in [6, 6.07) is 6.64. The van der Waals surface area contributed by atoms with E-state index < -0.39 is 17.6 Å². The number of rotatable bonds is 4. The largest absolute Gasteiger partial charge is 0.333 e. The highest BCUT2D eigenvalue weighted by Gasteiger charge is 2.28. The minimum Gasteiger partial charge on any atom is -0.333 e. The van der Waals surface area contributed by atoms with E-state index in [4.69, 9.17) is 0 Å². The number of hydrogen-bond acceptors (Lipinski definition) is 3. The second-order valence-electron chi connectivity index (χ2n) is 6.14. The smallest absolute Gasteiger partial charge is 0.317 e. The molecule has 1 aromatic heterocycles. The van der Waals surface area contributed by atoms with Crippen LogP contribution in [0.15, 0.2) is 35.7 Å². The van der Waals surface area contributed by atoms with Gasteiger partial charge in [-0.3, -0.25) is 4.79 Å². The van der Waals surface area contributed by atoms with Crippen LogP contribution >= 0.6 is 11.3 Å². The van der Waals surface area contributed by atoms with Crippen molar-refractivity contribution in [3.63, 3.8) is 0 Å². The van der Waals surface area contributed by atoms with Crippen LogP contribution in [0.3, 0.4) is 0 Å². The lowest BCUT2D eigenvalue weighted by Crippen LogP contribution is -2.47. The molecule has 1 aliphatic heterocycles. The van der Waals surface area contributed by atoms with Crippen LogP contribution in [0.5, 0.6) is 0 Å². The van der Waals surface area contributed by atoms with E-state index in [0.29, 0.717) is 25.9 Å². The summed E-state index contributed by atoms with van der Waals surface area (Å²) >= 11 is 1.56. The summed E-state index contributed by atoms with van der Waals surface area (Å²) in [6.45, 7) is 1.29. The summed E-state index contributed by atoms with van der Waals surface area (Å²) in [5, 5.41) is 7.27. The summed E-state index contributed by atoms with van der Waals surface area (Å²) < 4.78 is 26.6. The van der Waals surface area contributed by atoms with E-state index in [1.54, 1.807) is 16.2 Å². The molecular formula is C18H19F2N3O2S. The highest BCUT2D eigenvalue weighted by molar-refractivity contribution is 7.09. The first-order valence-electron chi connectivity index (χ1n) is 8.34. The van der Waals surface area contributed by atoms with Gasteiger partial charge < -0.3 is 15.5 Å². The Bertz CT molecular complexity index is 783. The molecule has 138 valence electrons. The zero-order chi connectivity index (χ0) is 18.5. The molecule has 26 heavy (non-hydrogen) atoms. The molecule has 1 saturated heterocycles. The van der Waals surface area contributed by atoms with E-state index in [1.807, 2.05) is 17.5 Å². The minimum absolute atomic E-state index is 0.0596. The zero-order valence-corrected chi connectivity index (χ0v) is 14.8. The predicted molar refractivity (Wildman–Crippen MR) is 95.8 cm³/mol. The molecule has 0 radical (unpaired) electrons. The van der Waals surface area contributed by atoms with E-state index in [2.05, 4.69) is 10.6 Å². The standard InChI is InChI=1S/C18H19F2N3O2S/c19-13-5-6-16(15(20)9-13)22-17(24)12-3-1-7-23(11-12)18(25)21-10-14-4-2-8-26-14/h2,4-6,8-9,12H,1,3,7,10-11H2,(H,21,25)(H,22,24). The van der Waals surface area contributed by atoms with Gasteiger partial charge in [0.05, 0.1) is 18.2 Å². The Hall–Kier alpha value is -2.48. The lowest BCUT2D eigenvalue weighted by atomic mass is 9.97. The number of amides is 3. The first-order valence-corrected chi connectivity index (χ1v) is 9.22. The van der Waals surface area contributed by atoms with Crippen LogP contribution in [0.4, 0.5) is 19.3 Å². The van der Waals surface area contributed by atoms with Gasteiger partial charge in [0.2, 0.25) is 5.91 Å². The van der Waals surface area contributed by atoms with Crippen LogP contribution in [-0.4, -0.2) is 29.9 Å². The molecule has 2 heterocycles.